The number of carbonyl (C=O) groups is 3. The zero-order chi connectivity index (χ0) is 20.9. The van der Waals surface area contributed by atoms with E-state index in [0.717, 1.165) is 25.7 Å². The van der Waals surface area contributed by atoms with Gasteiger partial charge < -0.3 is 9.64 Å². The molecule has 2 saturated heterocycles. The molecule has 1 atom stereocenters. The summed E-state index contributed by atoms with van der Waals surface area (Å²) in [6, 6.07) is 9.14. The van der Waals surface area contributed by atoms with Gasteiger partial charge in [0.1, 0.15) is 0 Å². The van der Waals surface area contributed by atoms with Crippen molar-refractivity contribution in [2.75, 3.05) is 24.5 Å². The molecule has 0 bridgehead atoms. The quantitative estimate of drug-likeness (QED) is 0.662. The highest BCUT2D eigenvalue weighted by Crippen LogP contribution is 2.27. The first kappa shape index (κ1) is 20.5. The molecule has 0 spiro atoms. The molecule has 8 heteroatoms. The summed E-state index contributed by atoms with van der Waals surface area (Å²) in [5.41, 5.74) is 1.22. The molecular formula is C22H25N3O4S. The number of ether oxygens (including phenoxy) is 1. The Balaban J connectivity index is 1.44. The number of rotatable bonds is 6. The number of amides is 2. The number of likely N-dealkylation sites (tertiary alicyclic amines) is 1. The standard InChI is InChI=1S/C22H25N3O4S/c26-18-10-7-13-25(18)22-23-17(15-30-22)14-19(27)29-20(16-8-3-1-4-9-16)21(28)24-11-5-2-6-12-24/h1,3-4,8-9,15,20H,2,5-7,10-14H2. The fourth-order valence-electron chi connectivity index (χ4n) is 3.84. The van der Waals surface area contributed by atoms with Crippen LogP contribution in [-0.4, -0.2) is 47.3 Å². The van der Waals surface area contributed by atoms with Crippen LogP contribution in [0, 0.1) is 0 Å². The van der Waals surface area contributed by atoms with Crippen LogP contribution in [0.15, 0.2) is 35.7 Å². The van der Waals surface area contributed by atoms with Crippen LogP contribution in [0.3, 0.4) is 0 Å². The zero-order valence-corrected chi connectivity index (χ0v) is 17.6. The van der Waals surface area contributed by atoms with Crippen molar-refractivity contribution >= 4 is 34.3 Å². The van der Waals surface area contributed by atoms with Gasteiger partial charge in [-0.1, -0.05) is 30.3 Å². The summed E-state index contributed by atoms with van der Waals surface area (Å²) >= 11 is 1.35. The number of hydrogen-bond acceptors (Lipinski definition) is 6. The molecule has 1 aromatic heterocycles. The summed E-state index contributed by atoms with van der Waals surface area (Å²) in [6.07, 6.45) is 3.44. The molecule has 7 nitrogen and oxygen atoms in total. The maximum absolute atomic E-state index is 13.1. The fourth-order valence-corrected chi connectivity index (χ4v) is 4.71. The lowest BCUT2D eigenvalue weighted by Gasteiger charge is -2.30. The van der Waals surface area contributed by atoms with E-state index in [-0.39, 0.29) is 18.2 Å². The number of nitrogens with zero attached hydrogens (tertiary/aromatic N) is 3. The van der Waals surface area contributed by atoms with Gasteiger partial charge in [0.2, 0.25) is 12.0 Å². The highest BCUT2D eigenvalue weighted by Gasteiger charge is 2.31. The van der Waals surface area contributed by atoms with Crippen LogP contribution in [0.1, 0.15) is 49.5 Å². The van der Waals surface area contributed by atoms with Gasteiger partial charge in [-0.25, -0.2) is 4.98 Å². The lowest BCUT2D eigenvalue weighted by atomic mass is 10.1. The van der Waals surface area contributed by atoms with Gasteiger partial charge in [0.05, 0.1) is 12.1 Å². The number of hydrogen-bond donors (Lipinski definition) is 0. The molecule has 2 aliphatic rings. The number of thiazole rings is 1. The summed E-state index contributed by atoms with van der Waals surface area (Å²) in [6.45, 7) is 2.05. The molecule has 0 saturated carbocycles. The van der Waals surface area contributed by atoms with Gasteiger partial charge >= 0.3 is 5.97 Å². The predicted octanol–water partition coefficient (Wildman–Crippen LogP) is 3.11. The second kappa shape index (κ2) is 9.38. The Kier molecular flexibility index (Phi) is 6.42. The minimum absolute atomic E-state index is 0.0326. The Labute approximate surface area is 179 Å². The number of benzene rings is 1. The summed E-state index contributed by atoms with van der Waals surface area (Å²) in [5, 5.41) is 2.39. The molecule has 30 heavy (non-hydrogen) atoms. The maximum Gasteiger partial charge on any atom is 0.313 e. The van der Waals surface area contributed by atoms with E-state index >= 15 is 0 Å². The smallest absolute Gasteiger partial charge is 0.313 e. The van der Waals surface area contributed by atoms with Crippen molar-refractivity contribution in [1.29, 1.82) is 0 Å². The van der Waals surface area contributed by atoms with Crippen LogP contribution >= 0.6 is 11.3 Å². The van der Waals surface area contributed by atoms with Gasteiger partial charge in [-0.3, -0.25) is 19.3 Å². The van der Waals surface area contributed by atoms with E-state index < -0.39 is 12.1 Å². The average Bonchev–Trinajstić information content (AvgIpc) is 3.41. The van der Waals surface area contributed by atoms with Crippen LogP contribution in [0.5, 0.6) is 0 Å². The van der Waals surface area contributed by atoms with E-state index in [1.54, 1.807) is 27.3 Å². The Morgan fingerprint density at radius 2 is 1.83 bits per heavy atom. The molecule has 3 heterocycles. The number of aromatic nitrogens is 1. The lowest BCUT2D eigenvalue weighted by molar-refractivity contribution is -0.161. The minimum Gasteiger partial charge on any atom is -0.447 e. The first-order valence-electron chi connectivity index (χ1n) is 10.4. The molecule has 2 aliphatic heterocycles. The molecule has 1 unspecified atom stereocenters. The third-order valence-electron chi connectivity index (χ3n) is 5.41. The third kappa shape index (κ3) is 4.70. The van der Waals surface area contributed by atoms with E-state index in [4.69, 9.17) is 4.74 Å². The van der Waals surface area contributed by atoms with Crippen LogP contribution < -0.4 is 4.90 Å². The van der Waals surface area contributed by atoms with E-state index in [1.807, 2.05) is 18.2 Å². The van der Waals surface area contributed by atoms with Crippen molar-refractivity contribution < 1.29 is 19.1 Å². The Morgan fingerprint density at radius 1 is 1.07 bits per heavy atom. The highest BCUT2D eigenvalue weighted by molar-refractivity contribution is 7.14. The average molecular weight is 428 g/mol. The van der Waals surface area contributed by atoms with Gasteiger partial charge in [0.15, 0.2) is 5.13 Å². The zero-order valence-electron chi connectivity index (χ0n) is 16.8. The summed E-state index contributed by atoms with van der Waals surface area (Å²) < 4.78 is 5.67. The largest absolute Gasteiger partial charge is 0.447 e. The molecule has 0 N–H and O–H groups in total. The van der Waals surface area contributed by atoms with Gasteiger partial charge in [-0.05, 0) is 25.7 Å². The van der Waals surface area contributed by atoms with Gasteiger partial charge in [0.25, 0.3) is 5.91 Å². The molecule has 158 valence electrons. The van der Waals surface area contributed by atoms with Crippen molar-refractivity contribution in [3.05, 3.63) is 47.0 Å². The van der Waals surface area contributed by atoms with Crippen LogP contribution in [0.4, 0.5) is 5.13 Å². The molecule has 2 fully saturated rings. The van der Waals surface area contributed by atoms with E-state index in [1.165, 1.54) is 11.3 Å². The number of anilines is 1. The lowest BCUT2D eigenvalue weighted by Crippen LogP contribution is -2.40. The predicted molar refractivity (Wildman–Crippen MR) is 113 cm³/mol. The van der Waals surface area contributed by atoms with E-state index in [0.29, 0.717) is 42.4 Å². The molecule has 0 aliphatic carbocycles. The molecule has 4 rings (SSSR count). The molecule has 1 aromatic carbocycles. The van der Waals surface area contributed by atoms with Crippen LogP contribution in [-0.2, 0) is 25.5 Å². The topological polar surface area (TPSA) is 79.8 Å². The van der Waals surface area contributed by atoms with Crippen molar-refractivity contribution in [2.24, 2.45) is 0 Å². The molecular weight excluding hydrogens is 402 g/mol. The summed E-state index contributed by atoms with van der Waals surface area (Å²) in [4.78, 5) is 45.5. The molecule has 2 aromatic rings. The third-order valence-corrected chi connectivity index (χ3v) is 6.33. The van der Waals surface area contributed by atoms with Gasteiger partial charge in [0, 0.05) is 37.0 Å². The first-order valence-corrected chi connectivity index (χ1v) is 11.3. The van der Waals surface area contributed by atoms with Crippen molar-refractivity contribution in [3.63, 3.8) is 0 Å². The maximum atomic E-state index is 13.1. The van der Waals surface area contributed by atoms with Gasteiger partial charge in [-0.2, -0.15) is 0 Å². The summed E-state index contributed by atoms with van der Waals surface area (Å²) in [5.74, 6) is -0.607. The van der Waals surface area contributed by atoms with E-state index in [2.05, 4.69) is 4.98 Å². The Morgan fingerprint density at radius 3 is 2.53 bits per heavy atom. The molecule has 0 radical (unpaired) electrons. The highest BCUT2D eigenvalue weighted by atomic mass is 32.1. The van der Waals surface area contributed by atoms with Crippen LogP contribution in [0.25, 0.3) is 0 Å². The van der Waals surface area contributed by atoms with Gasteiger partial charge in [-0.15, -0.1) is 11.3 Å². The fraction of sp³-hybridized carbons (Fsp3) is 0.455. The molecule has 2 amide bonds. The van der Waals surface area contributed by atoms with E-state index in [9.17, 15) is 14.4 Å². The monoisotopic (exact) mass is 427 g/mol. The van der Waals surface area contributed by atoms with Crippen LogP contribution in [0.2, 0.25) is 0 Å². The SMILES string of the molecule is O=C(Cc1csc(N2CCCC2=O)n1)OC(C(=O)N1CCCCC1)c1ccccc1. The second-order valence-electron chi connectivity index (χ2n) is 7.61. The first-order chi connectivity index (χ1) is 14.6. The normalized spacial score (nSPS) is 17.8. The minimum atomic E-state index is -0.949. The number of esters is 1. The van der Waals surface area contributed by atoms with Crippen molar-refractivity contribution in [3.8, 4) is 0 Å². The Hall–Kier alpha value is -2.74. The summed E-state index contributed by atoms with van der Waals surface area (Å²) in [7, 11) is 0. The second-order valence-corrected chi connectivity index (χ2v) is 8.45. The number of carbonyl (C=O) groups excluding carboxylic acids is 3. The Bertz CT molecular complexity index is 908. The van der Waals surface area contributed by atoms with Crippen molar-refractivity contribution in [2.45, 2.75) is 44.6 Å². The number of piperidine rings is 1. The van der Waals surface area contributed by atoms with Crippen molar-refractivity contribution in [1.82, 2.24) is 9.88 Å².